The maximum Gasteiger partial charge on any atom is 0.277 e. The summed E-state index contributed by atoms with van der Waals surface area (Å²) in [4.78, 5) is 26.2. The van der Waals surface area contributed by atoms with Crippen LogP contribution < -0.4 is 15.4 Å². The number of hydrogen-bond acceptors (Lipinski definition) is 3. The van der Waals surface area contributed by atoms with Gasteiger partial charge in [0, 0.05) is 24.4 Å². The molecular formula is C24H28N3O3+. The third kappa shape index (κ3) is 5.36. The van der Waals surface area contributed by atoms with Crippen molar-refractivity contribution in [3.8, 4) is 5.75 Å². The van der Waals surface area contributed by atoms with E-state index in [4.69, 9.17) is 4.74 Å². The Labute approximate surface area is 176 Å². The Bertz CT molecular complexity index is 1030. The number of carbonyl (C=O) groups is 2. The second kappa shape index (κ2) is 9.89. The number of carbonyl (C=O) groups excluding carboxylic acids is 2. The third-order valence-corrected chi connectivity index (χ3v) is 5.12. The summed E-state index contributed by atoms with van der Waals surface area (Å²) in [6, 6.07) is 21.7. The molecule has 0 aromatic heterocycles. The van der Waals surface area contributed by atoms with Crippen molar-refractivity contribution in [2.75, 3.05) is 32.6 Å². The number of nitrogens with one attached hydrogen (secondary N) is 1. The Hall–Kier alpha value is -3.38. The first-order valence-corrected chi connectivity index (χ1v) is 9.97. The van der Waals surface area contributed by atoms with Crippen LogP contribution in [0.3, 0.4) is 0 Å². The molecule has 6 heteroatoms. The molecule has 0 aliphatic rings. The van der Waals surface area contributed by atoms with Gasteiger partial charge in [0.25, 0.3) is 5.91 Å². The lowest BCUT2D eigenvalue weighted by atomic mass is 10.00. The van der Waals surface area contributed by atoms with Gasteiger partial charge in [0.15, 0.2) is 6.54 Å². The van der Waals surface area contributed by atoms with E-state index < -0.39 is 0 Å². The predicted molar refractivity (Wildman–Crippen MR) is 118 cm³/mol. The summed E-state index contributed by atoms with van der Waals surface area (Å²) in [5, 5.41) is 7.18. The molecule has 0 aliphatic carbocycles. The highest BCUT2D eigenvalue weighted by molar-refractivity contribution is 5.94. The SMILES string of the molecule is COc1cccc(NC(=O)CN(C)C(=O)C[NH2+][C@@H](C)c2cccc3ccccc23)c1. The summed E-state index contributed by atoms with van der Waals surface area (Å²) < 4.78 is 5.15. The lowest BCUT2D eigenvalue weighted by molar-refractivity contribution is -0.682. The Kier molecular flexibility index (Phi) is 7.03. The van der Waals surface area contributed by atoms with Gasteiger partial charge in [-0.25, -0.2) is 0 Å². The largest absolute Gasteiger partial charge is 0.497 e. The summed E-state index contributed by atoms with van der Waals surface area (Å²) >= 11 is 0. The van der Waals surface area contributed by atoms with E-state index in [2.05, 4.69) is 36.5 Å². The number of nitrogens with two attached hydrogens (primary N) is 1. The van der Waals surface area contributed by atoms with Crippen molar-refractivity contribution in [1.82, 2.24) is 4.90 Å². The first-order chi connectivity index (χ1) is 14.5. The van der Waals surface area contributed by atoms with Crippen molar-refractivity contribution >= 4 is 28.3 Å². The van der Waals surface area contributed by atoms with E-state index in [9.17, 15) is 9.59 Å². The van der Waals surface area contributed by atoms with Crippen LogP contribution in [0.15, 0.2) is 66.7 Å². The number of ether oxygens (including phenoxy) is 1. The van der Waals surface area contributed by atoms with E-state index in [1.54, 1.807) is 38.4 Å². The molecule has 0 radical (unpaired) electrons. The monoisotopic (exact) mass is 406 g/mol. The fourth-order valence-corrected chi connectivity index (χ4v) is 3.41. The molecule has 0 fully saturated rings. The summed E-state index contributed by atoms with van der Waals surface area (Å²) in [7, 11) is 3.22. The maximum atomic E-state index is 12.5. The van der Waals surface area contributed by atoms with Gasteiger partial charge >= 0.3 is 0 Å². The highest BCUT2D eigenvalue weighted by Crippen LogP contribution is 2.22. The van der Waals surface area contributed by atoms with Crippen molar-refractivity contribution in [2.24, 2.45) is 0 Å². The zero-order valence-electron chi connectivity index (χ0n) is 17.6. The average molecular weight is 407 g/mol. The second-order valence-corrected chi connectivity index (χ2v) is 7.33. The van der Waals surface area contributed by atoms with Gasteiger partial charge < -0.3 is 20.3 Å². The number of methoxy groups -OCH3 is 1. The zero-order valence-corrected chi connectivity index (χ0v) is 17.6. The number of benzene rings is 3. The summed E-state index contributed by atoms with van der Waals surface area (Å²) in [5.41, 5.74) is 1.83. The first kappa shape index (κ1) is 21.3. The first-order valence-electron chi connectivity index (χ1n) is 9.97. The molecule has 3 aromatic carbocycles. The minimum Gasteiger partial charge on any atom is -0.497 e. The number of amides is 2. The van der Waals surface area contributed by atoms with Crippen molar-refractivity contribution in [3.05, 3.63) is 72.3 Å². The van der Waals surface area contributed by atoms with Gasteiger partial charge in [0.2, 0.25) is 5.91 Å². The lowest BCUT2D eigenvalue weighted by Gasteiger charge is -2.18. The minimum atomic E-state index is -0.249. The van der Waals surface area contributed by atoms with Gasteiger partial charge in [-0.2, -0.15) is 0 Å². The number of quaternary nitrogens is 1. The van der Waals surface area contributed by atoms with Gasteiger partial charge in [0.1, 0.15) is 11.8 Å². The molecule has 0 heterocycles. The fourth-order valence-electron chi connectivity index (χ4n) is 3.41. The van der Waals surface area contributed by atoms with E-state index >= 15 is 0 Å². The molecule has 30 heavy (non-hydrogen) atoms. The number of likely N-dealkylation sites (N-methyl/N-ethyl adjacent to an activating group) is 1. The Morgan fingerprint density at radius 1 is 1.07 bits per heavy atom. The molecular weight excluding hydrogens is 378 g/mol. The number of rotatable bonds is 8. The standard InChI is InChI=1S/C24H27N3O3/c1-17(21-13-6-9-18-8-4-5-12-22(18)21)25-15-24(29)27(2)16-23(28)26-19-10-7-11-20(14-19)30-3/h4-14,17,25H,15-16H2,1-3H3,(H,26,28)/p+1/t17-/m0/s1. The summed E-state index contributed by atoms with van der Waals surface area (Å²) in [6.07, 6.45) is 0. The molecule has 2 amide bonds. The fraction of sp³-hybridized carbons (Fsp3) is 0.250. The van der Waals surface area contributed by atoms with E-state index in [-0.39, 0.29) is 30.9 Å². The molecule has 0 saturated heterocycles. The molecule has 0 bridgehead atoms. The van der Waals surface area contributed by atoms with Gasteiger partial charge in [0.05, 0.1) is 13.7 Å². The molecule has 156 valence electrons. The molecule has 3 rings (SSSR count). The van der Waals surface area contributed by atoms with Crippen LogP contribution in [0.2, 0.25) is 0 Å². The van der Waals surface area contributed by atoms with E-state index in [1.165, 1.54) is 21.2 Å². The van der Waals surface area contributed by atoms with Gasteiger partial charge in [-0.1, -0.05) is 48.5 Å². The molecule has 0 aliphatic heterocycles. The van der Waals surface area contributed by atoms with Crippen LogP contribution >= 0.6 is 0 Å². The molecule has 0 spiro atoms. The maximum absolute atomic E-state index is 12.5. The third-order valence-electron chi connectivity index (χ3n) is 5.12. The smallest absolute Gasteiger partial charge is 0.277 e. The van der Waals surface area contributed by atoms with Gasteiger partial charge in [-0.05, 0) is 29.8 Å². The second-order valence-electron chi connectivity index (χ2n) is 7.33. The molecule has 0 unspecified atom stereocenters. The van der Waals surface area contributed by atoms with E-state index in [0.717, 1.165) is 0 Å². The Morgan fingerprint density at radius 3 is 2.60 bits per heavy atom. The van der Waals surface area contributed by atoms with Crippen molar-refractivity contribution in [1.29, 1.82) is 0 Å². The Morgan fingerprint density at radius 2 is 1.80 bits per heavy atom. The van der Waals surface area contributed by atoms with Crippen molar-refractivity contribution in [3.63, 3.8) is 0 Å². The van der Waals surface area contributed by atoms with Gasteiger partial charge in [-0.3, -0.25) is 9.59 Å². The Balaban J connectivity index is 1.53. The molecule has 0 saturated carbocycles. The number of anilines is 1. The molecule has 1 atom stereocenters. The van der Waals surface area contributed by atoms with E-state index in [1.807, 2.05) is 23.5 Å². The van der Waals surface area contributed by atoms with Crippen LogP contribution in [0.4, 0.5) is 5.69 Å². The molecule has 3 N–H and O–H groups in total. The van der Waals surface area contributed by atoms with Gasteiger partial charge in [-0.15, -0.1) is 0 Å². The predicted octanol–water partition coefficient (Wildman–Crippen LogP) is 2.57. The van der Waals surface area contributed by atoms with Crippen LogP contribution in [0, 0.1) is 0 Å². The average Bonchev–Trinajstić information content (AvgIpc) is 2.76. The van der Waals surface area contributed by atoms with E-state index in [0.29, 0.717) is 11.4 Å². The lowest BCUT2D eigenvalue weighted by Crippen LogP contribution is -2.87. The molecule has 3 aromatic rings. The van der Waals surface area contributed by atoms with Crippen LogP contribution in [0.25, 0.3) is 10.8 Å². The summed E-state index contributed by atoms with van der Waals surface area (Å²) in [6.45, 7) is 2.35. The minimum absolute atomic E-state index is 0.00741. The van der Waals surface area contributed by atoms with Crippen LogP contribution in [-0.4, -0.2) is 44.0 Å². The quantitative estimate of drug-likeness (QED) is 0.604. The van der Waals surface area contributed by atoms with Crippen molar-refractivity contribution < 1.29 is 19.6 Å². The number of fused-ring (bicyclic) bond motifs is 1. The van der Waals surface area contributed by atoms with Crippen LogP contribution in [0.1, 0.15) is 18.5 Å². The number of nitrogens with zero attached hydrogens (tertiary/aromatic N) is 1. The topological polar surface area (TPSA) is 75.2 Å². The van der Waals surface area contributed by atoms with Crippen molar-refractivity contribution in [2.45, 2.75) is 13.0 Å². The zero-order chi connectivity index (χ0) is 21.5. The summed E-state index contributed by atoms with van der Waals surface area (Å²) in [5.74, 6) is 0.318. The van der Waals surface area contributed by atoms with Crippen LogP contribution in [0.5, 0.6) is 5.75 Å². The molecule has 6 nitrogen and oxygen atoms in total. The highest BCUT2D eigenvalue weighted by Gasteiger charge is 2.18. The normalized spacial score (nSPS) is 11.7. The number of hydrogen-bond donors (Lipinski definition) is 2. The highest BCUT2D eigenvalue weighted by atomic mass is 16.5. The van der Waals surface area contributed by atoms with Crippen LogP contribution in [-0.2, 0) is 9.59 Å².